The Bertz CT molecular complexity index is 839. The monoisotopic (exact) mass is 368 g/mol. The number of hydrogen-bond donors (Lipinski definition) is 0. The van der Waals surface area contributed by atoms with Gasteiger partial charge in [0.1, 0.15) is 12.6 Å². The van der Waals surface area contributed by atoms with Gasteiger partial charge < -0.3 is 14.5 Å². The second-order valence-corrected chi connectivity index (χ2v) is 6.17. The van der Waals surface area contributed by atoms with Gasteiger partial charge in [-0.25, -0.2) is 9.97 Å². The van der Waals surface area contributed by atoms with E-state index in [1.54, 1.807) is 6.92 Å². The molecule has 140 valence electrons. The molecule has 8 heteroatoms. The summed E-state index contributed by atoms with van der Waals surface area (Å²) in [7, 11) is 1.27. The highest BCUT2D eigenvalue weighted by Crippen LogP contribution is 2.17. The fourth-order valence-corrected chi connectivity index (χ4v) is 2.93. The van der Waals surface area contributed by atoms with E-state index in [0.717, 1.165) is 5.56 Å². The zero-order chi connectivity index (χ0) is 19.4. The third-order valence-corrected chi connectivity index (χ3v) is 4.49. The molecular formula is C19H20N4O4. The van der Waals surface area contributed by atoms with Crippen molar-refractivity contribution in [1.82, 2.24) is 19.8 Å². The number of hydrogen-bond acceptors (Lipinski definition) is 6. The third kappa shape index (κ3) is 3.94. The Morgan fingerprint density at radius 1 is 1.15 bits per heavy atom. The topological polar surface area (TPSA) is 92.7 Å². The molecule has 2 aromatic rings. The lowest BCUT2D eigenvalue weighted by atomic mass is 10.1. The molecule has 1 saturated heterocycles. The van der Waals surface area contributed by atoms with Gasteiger partial charge in [0, 0.05) is 31.0 Å². The average molecular weight is 368 g/mol. The van der Waals surface area contributed by atoms with Gasteiger partial charge >= 0.3 is 5.97 Å². The molecule has 1 aliphatic heterocycles. The minimum Gasteiger partial charge on any atom is -0.468 e. The normalized spacial score (nSPS) is 17.0. The molecular weight excluding hydrogens is 348 g/mol. The van der Waals surface area contributed by atoms with Crippen molar-refractivity contribution in [2.45, 2.75) is 13.0 Å². The second kappa shape index (κ2) is 7.94. The van der Waals surface area contributed by atoms with Crippen LogP contribution in [-0.4, -0.2) is 70.3 Å². The number of amides is 2. The van der Waals surface area contributed by atoms with Crippen molar-refractivity contribution in [3.63, 3.8) is 0 Å². The van der Waals surface area contributed by atoms with Crippen LogP contribution in [0.4, 0.5) is 0 Å². The highest BCUT2D eigenvalue weighted by molar-refractivity contribution is 5.98. The van der Waals surface area contributed by atoms with E-state index >= 15 is 0 Å². The number of carbonyl (C=O) groups is 3. The van der Waals surface area contributed by atoms with Gasteiger partial charge in [-0.3, -0.25) is 14.4 Å². The summed E-state index contributed by atoms with van der Waals surface area (Å²) >= 11 is 0. The van der Waals surface area contributed by atoms with Gasteiger partial charge in [0.25, 0.3) is 5.91 Å². The van der Waals surface area contributed by atoms with Gasteiger partial charge in [0.2, 0.25) is 5.91 Å². The zero-order valence-corrected chi connectivity index (χ0v) is 15.2. The molecule has 3 rings (SSSR count). The molecule has 1 aliphatic rings. The Hall–Kier alpha value is -3.29. The Morgan fingerprint density at radius 3 is 2.44 bits per heavy atom. The molecule has 0 aliphatic carbocycles. The molecule has 0 N–H and O–H groups in total. The van der Waals surface area contributed by atoms with Crippen molar-refractivity contribution < 1.29 is 19.1 Å². The molecule has 1 aromatic heterocycles. The fraction of sp³-hybridized carbons (Fsp3) is 0.316. The summed E-state index contributed by atoms with van der Waals surface area (Å²) in [6, 6.07) is 8.78. The maximum Gasteiger partial charge on any atom is 0.325 e. The average Bonchev–Trinajstić information content (AvgIpc) is 2.72. The van der Waals surface area contributed by atoms with E-state index < -0.39 is 12.0 Å². The predicted octanol–water partition coefficient (Wildman–Crippen LogP) is 0.989. The summed E-state index contributed by atoms with van der Waals surface area (Å²) in [5.41, 5.74) is 1.17. The van der Waals surface area contributed by atoms with E-state index in [1.807, 2.05) is 30.3 Å². The Morgan fingerprint density at radius 2 is 1.81 bits per heavy atom. The molecule has 1 fully saturated rings. The number of benzene rings is 1. The number of rotatable bonds is 4. The number of esters is 1. The predicted molar refractivity (Wildman–Crippen MR) is 96.6 cm³/mol. The van der Waals surface area contributed by atoms with E-state index in [0.29, 0.717) is 17.9 Å². The number of nitrogens with zero attached hydrogens (tertiary/aromatic N) is 4. The second-order valence-electron chi connectivity index (χ2n) is 6.17. The molecule has 0 bridgehead atoms. The highest BCUT2D eigenvalue weighted by atomic mass is 16.5. The van der Waals surface area contributed by atoms with E-state index in [2.05, 4.69) is 14.7 Å². The van der Waals surface area contributed by atoms with Crippen molar-refractivity contribution >= 4 is 17.8 Å². The van der Waals surface area contributed by atoms with Crippen LogP contribution in [0.3, 0.4) is 0 Å². The lowest BCUT2D eigenvalue weighted by molar-refractivity contribution is -0.150. The summed E-state index contributed by atoms with van der Waals surface area (Å²) < 4.78 is 4.60. The fourth-order valence-electron chi connectivity index (χ4n) is 2.93. The van der Waals surface area contributed by atoms with Crippen LogP contribution in [0.1, 0.15) is 17.3 Å². The quantitative estimate of drug-likeness (QED) is 0.747. The third-order valence-electron chi connectivity index (χ3n) is 4.49. The number of aromatic nitrogens is 2. The first-order valence-corrected chi connectivity index (χ1v) is 8.55. The smallest absolute Gasteiger partial charge is 0.325 e. The van der Waals surface area contributed by atoms with Crippen LogP contribution in [-0.2, 0) is 14.3 Å². The first kappa shape index (κ1) is 18.5. The first-order chi connectivity index (χ1) is 13.0. The molecule has 2 heterocycles. The van der Waals surface area contributed by atoms with Crippen molar-refractivity contribution in [3.05, 3.63) is 48.3 Å². The van der Waals surface area contributed by atoms with Crippen LogP contribution in [0.25, 0.3) is 11.4 Å². The Balaban J connectivity index is 1.71. The van der Waals surface area contributed by atoms with Crippen LogP contribution in [0.2, 0.25) is 0 Å². The largest absolute Gasteiger partial charge is 0.468 e. The highest BCUT2D eigenvalue weighted by Gasteiger charge is 2.35. The summed E-state index contributed by atoms with van der Waals surface area (Å²) in [5.74, 6) is -0.561. The zero-order valence-electron chi connectivity index (χ0n) is 15.2. The van der Waals surface area contributed by atoms with Gasteiger partial charge in [0.15, 0.2) is 5.82 Å². The molecule has 1 atom stereocenters. The number of piperazine rings is 1. The van der Waals surface area contributed by atoms with Crippen molar-refractivity contribution in [1.29, 1.82) is 0 Å². The van der Waals surface area contributed by atoms with Gasteiger partial charge in [-0.05, 0) is 6.92 Å². The van der Waals surface area contributed by atoms with Crippen LogP contribution in [0.5, 0.6) is 0 Å². The maximum atomic E-state index is 12.8. The summed E-state index contributed by atoms with van der Waals surface area (Å²) in [4.78, 5) is 48.0. The molecule has 8 nitrogen and oxygen atoms in total. The molecule has 27 heavy (non-hydrogen) atoms. The van der Waals surface area contributed by atoms with Gasteiger partial charge in [-0.1, -0.05) is 30.3 Å². The van der Waals surface area contributed by atoms with Crippen molar-refractivity contribution in [2.75, 3.05) is 26.7 Å². The van der Waals surface area contributed by atoms with E-state index in [4.69, 9.17) is 0 Å². The molecule has 0 spiro atoms. The number of ether oxygens (including phenoxy) is 1. The Labute approximate surface area is 156 Å². The van der Waals surface area contributed by atoms with Crippen molar-refractivity contribution in [3.8, 4) is 11.4 Å². The van der Waals surface area contributed by atoms with Crippen LogP contribution in [0, 0.1) is 0 Å². The van der Waals surface area contributed by atoms with Crippen LogP contribution >= 0.6 is 0 Å². The van der Waals surface area contributed by atoms with E-state index in [1.165, 1.54) is 29.3 Å². The standard InChI is InChI=1S/C19H20N4O4/c1-13-18(25)22(12-16(24)27-2)8-9-23(13)19(26)15-10-20-17(21-11-15)14-6-4-3-5-7-14/h3-7,10-11,13H,8-9,12H2,1-2H3. The van der Waals surface area contributed by atoms with Crippen molar-refractivity contribution in [2.24, 2.45) is 0 Å². The molecule has 0 saturated carbocycles. The minimum atomic E-state index is -0.676. The summed E-state index contributed by atoms with van der Waals surface area (Å²) in [5, 5.41) is 0. The number of methoxy groups -OCH3 is 1. The number of carbonyl (C=O) groups excluding carboxylic acids is 3. The lowest BCUT2D eigenvalue weighted by Gasteiger charge is -2.38. The SMILES string of the molecule is COC(=O)CN1CCN(C(=O)c2cnc(-c3ccccc3)nc2)C(C)C1=O. The van der Waals surface area contributed by atoms with Gasteiger partial charge in [-0.15, -0.1) is 0 Å². The molecule has 1 unspecified atom stereocenters. The van der Waals surface area contributed by atoms with E-state index in [-0.39, 0.29) is 24.9 Å². The van der Waals surface area contributed by atoms with Gasteiger partial charge in [0.05, 0.1) is 12.7 Å². The summed E-state index contributed by atoms with van der Waals surface area (Å²) in [6.07, 6.45) is 2.94. The lowest BCUT2D eigenvalue weighted by Crippen LogP contribution is -2.58. The molecule has 0 radical (unpaired) electrons. The van der Waals surface area contributed by atoms with E-state index in [9.17, 15) is 14.4 Å². The Kier molecular flexibility index (Phi) is 5.44. The maximum absolute atomic E-state index is 12.8. The summed E-state index contributed by atoms with van der Waals surface area (Å²) in [6.45, 7) is 2.12. The minimum absolute atomic E-state index is 0.114. The van der Waals surface area contributed by atoms with Crippen LogP contribution < -0.4 is 0 Å². The first-order valence-electron chi connectivity index (χ1n) is 8.55. The van der Waals surface area contributed by atoms with Crippen LogP contribution in [0.15, 0.2) is 42.7 Å². The molecule has 2 amide bonds. The molecule has 1 aromatic carbocycles. The van der Waals surface area contributed by atoms with Gasteiger partial charge in [-0.2, -0.15) is 0 Å².